The predicted octanol–water partition coefficient (Wildman–Crippen LogP) is 0.559. The summed E-state index contributed by atoms with van der Waals surface area (Å²) in [6.45, 7) is 4.11. The lowest BCUT2D eigenvalue weighted by Gasteiger charge is -2.40. The Labute approximate surface area is 203 Å². The van der Waals surface area contributed by atoms with Crippen molar-refractivity contribution in [2.75, 3.05) is 69.3 Å². The van der Waals surface area contributed by atoms with Gasteiger partial charge in [0.1, 0.15) is 18.3 Å². The first-order chi connectivity index (χ1) is 16.8. The number of carbonyl (C=O) groups is 3. The lowest BCUT2D eigenvalue weighted by Crippen LogP contribution is -2.51. The summed E-state index contributed by atoms with van der Waals surface area (Å²) < 4.78 is 30.1. The molecule has 9 nitrogen and oxygen atoms in total. The van der Waals surface area contributed by atoms with E-state index in [1.807, 2.05) is 0 Å². The van der Waals surface area contributed by atoms with Crippen LogP contribution in [-0.2, 0) is 14.4 Å². The third-order valence-corrected chi connectivity index (χ3v) is 7.39. The minimum Gasteiger partial charge on any atom is -0.387 e. The maximum absolute atomic E-state index is 15.1. The number of anilines is 2. The van der Waals surface area contributed by atoms with Crippen molar-refractivity contribution in [1.29, 1.82) is 0 Å². The van der Waals surface area contributed by atoms with Crippen LogP contribution in [0.25, 0.3) is 0 Å². The first-order valence-corrected chi connectivity index (χ1v) is 12.2. The monoisotopic (exact) mass is 493 g/mol. The average molecular weight is 494 g/mol. The van der Waals surface area contributed by atoms with Crippen LogP contribution < -0.4 is 15.1 Å². The Morgan fingerprint density at radius 1 is 1.06 bits per heavy atom. The molecule has 0 aromatic heterocycles. The van der Waals surface area contributed by atoms with E-state index in [-0.39, 0.29) is 29.6 Å². The van der Waals surface area contributed by atoms with Crippen LogP contribution in [0.2, 0.25) is 0 Å². The van der Waals surface area contributed by atoms with Crippen molar-refractivity contribution in [3.05, 3.63) is 23.8 Å². The number of benzene rings is 1. The maximum Gasteiger partial charge on any atom is 0.249 e. The number of piperazine rings is 1. The molecule has 0 saturated carbocycles. The molecule has 35 heavy (non-hydrogen) atoms. The standard InChI is InChI=1S/C24H33F2N5O4/c1-28(20-2-3-21(33)27-24(20)35)17-12-18(25)23(19(26)13-17)31-10-8-29(9-11-31)14-16-4-6-30(7-5-16)22(34)15-32/h12-13,16,20,32H,2-11,14-15H2,1H3,(H,27,33,35). The number of imide groups is 1. The molecule has 3 fully saturated rings. The van der Waals surface area contributed by atoms with Gasteiger partial charge in [0.15, 0.2) is 11.6 Å². The molecule has 0 spiro atoms. The van der Waals surface area contributed by atoms with Crippen molar-refractivity contribution >= 4 is 29.1 Å². The van der Waals surface area contributed by atoms with Gasteiger partial charge in [-0.2, -0.15) is 0 Å². The minimum absolute atomic E-state index is 0.0547. The van der Waals surface area contributed by atoms with Gasteiger partial charge in [-0.1, -0.05) is 0 Å². The summed E-state index contributed by atoms with van der Waals surface area (Å²) in [6, 6.07) is 1.83. The summed E-state index contributed by atoms with van der Waals surface area (Å²) in [5, 5.41) is 11.3. The van der Waals surface area contributed by atoms with Crippen LogP contribution in [0.5, 0.6) is 0 Å². The fourth-order valence-corrected chi connectivity index (χ4v) is 5.27. The van der Waals surface area contributed by atoms with E-state index >= 15 is 8.78 Å². The number of likely N-dealkylation sites (tertiary alicyclic amines) is 1. The topological polar surface area (TPSA) is 96.4 Å². The van der Waals surface area contributed by atoms with Crippen LogP contribution in [0.15, 0.2) is 12.1 Å². The molecule has 2 N–H and O–H groups in total. The number of nitrogens with one attached hydrogen (secondary N) is 1. The van der Waals surface area contributed by atoms with Crippen LogP contribution in [0.3, 0.4) is 0 Å². The van der Waals surface area contributed by atoms with E-state index in [4.69, 9.17) is 5.11 Å². The van der Waals surface area contributed by atoms with Crippen LogP contribution in [0, 0.1) is 17.6 Å². The number of aliphatic hydroxyl groups is 1. The Kier molecular flexibility index (Phi) is 7.85. The zero-order valence-electron chi connectivity index (χ0n) is 20.0. The third-order valence-electron chi connectivity index (χ3n) is 7.39. The molecular formula is C24H33F2N5O4. The van der Waals surface area contributed by atoms with Gasteiger partial charge in [-0.3, -0.25) is 24.6 Å². The number of piperidine rings is 2. The van der Waals surface area contributed by atoms with Gasteiger partial charge in [0.25, 0.3) is 0 Å². The number of rotatable bonds is 6. The smallest absolute Gasteiger partial charge is 0.249 e. The molecule has 3 aliphatic rings. The maximum atomic E-state index is 15.1. The van der Waals surface area contributed by atoms with Crippen molar-refractivity contribution < 1.29 is 28.3 Å². The Hall–Kier alpha value is -2.79. The molecule has 1 unspecified atom stereocenters. The average Bonchev–Trinajstić information content (AvgIpc) is 2.84. The van der Waals surface area contributed by atoms with Gasteiger partial charge >= 0.3 is 0 Å². The van der Waals surface area contributed by atoms with Crippen molar-refractivity contribution in [2.45, 2.75) is 31.7 Å². The van der Waals surface area contributed by atoms with E-state index in [9.17, 15) is 14.4 Å². The number of halogens is 2. The molecule has 3 heterocycles. The fourth-order valence-electron chi connectivity index (χ4n) is 5.27. The summed E-state index contributed by atoms with van der Waals surface area (Å²) in [4.78, 5) is 42.4. The van der Waals surface area contributed by atoms with E-state index in [1.54, 1.807) is 16.8 Å². The highest BCUT2D eigenvalue weighted by atomic mass is 19.1. The lowest BCUT2D eigenvalue weighted by molar-refractivity contribution is -0.136. The number of nitrogens with zero attached hydrogens (tertiary/aromatic N) is 4. The second kappa shape index (κ2) is 10.9. The van der Waals surface area contributed by atoms with Crippen molar-refractivity contribution in [1.82, 2.24) is 15.1 Å². The highest BCUT2D eigenvalue weighted by Crippen LogP contribution is 2.31. The van der Waals surface area contributed by atoms with Gasteiger partial charge in [-0.25, -0.2) is 8.78 Å². The molecule has 4 rings (SSSR count). The van der Waals surface area contributed by atoms with Crippen molar-refractivity contribution in [2.24, 2.45) is 5.92 Å². The van der Waals surface area contributed by atoms with Crippen LogP contribution in [-0.4, -0.2) is 98.1 Å². The van der Waals surface area contributed by atoms with E-state index in [1.165, 1.54) is 17.0 Å². The summed E-state index contributed by atoms with van der Waals surface area (Å²) in [5.74, 6) is -1.92. The predicted molar refractivity (Wildman–Crippen MR) is 126 cm³/mol. The number of carbonyl (C=O) groups excluding carboxylic acids is 3. The molecule has 0 radical (unpaired) electrons. The van der Waals surface area contributed by atoms with E-state index in [2.05, 4.69) is 10.2 Å². The Morgan fingerprint density at radius 3 is 2.26 bits per heavy atom. The molecule has 3 aliphatic heterocycles. The third kappa shape index (κ3) is 5.72. The number of hydrogen-bond acceptors (Lipinski definition) is 7. The van der Waals surface area contributed by atoms with E-state index in [0.29, 0.717) is 51.6 Å². The van der Waals surface area contributed by atoms with Crippen LogP contribution in [0.1, 0.15) is 25.7 Å². The van der Waals surface area contributed by atoms with Crippen molar-refractivity contribution in [3.63, 3.8) is 0 Å². The van der Waals surface area contributed by atoms with Gasteiger partial charge in [-0.15, -0.1) is 0 Å². The molecule has 3 saturated heterocycles. The minimum atomic E-state index is -0.673. The largest absolute Gasteiger partial charge is 0.387 e. The summed E-state index contributed by atoms with van der Waals surface area (Å²) in [7, 11) is 1.59. The summed E-state index contributed by atoms with van der Waals surface area (Å²) >= 11 is 0. The van der Waals surface area contributed by atoms with Gasteiger partial charge in [0.2, 0.25) is 17.7 Å². The first-order valence-electron chi connectivity index (χ1n) is 12.2. The molecule has 1 aromatic carbocycles. The zero-order valence-corrected chi connectivity index (χ0v) is 20.0. The highest BCUT2D eigenvalue weighted by Gasteiger charge is 2.32. The molecule has 192 valence electrons. The molecule has 0 aliphatic carbocycles. The Bertz CT molecular complexity index is 938. The Balaban J connectivity index is 1.32. The number of amides is 3. The van der Waals surface area contributed by atoms with E-state index < -0.39 is 30.2 Å². The second-order valence-corrected chi connectivity index (χ2v) is 9.61. The number of aliphatic hydroxyl groups excluding tert-OH is 1. The van der Waals surface area contributed by atoms with Gasteiger partial charge in [0, 0.05) is 65.0 Å². The molecule has 1 aromatic rings. The number of likely N-dealkylation sites (N-methyl/N-ethyl adjacent to an activating group) is 1. The summed E-state index contributed by atoms with van der Waals surface area (Å²) in [5.41, 5.74) is 0.198. The normalized spacial score (nSPS) is 22.3. The van der Waals surface area contributed by atoms with Crippen LogP contribution >= 0.6 is 0 Å². The van der Waals surface area contributed by atoms with E-state index in [0.717, 1.165) is 19.4 Å². The second-order valence-electron chi connectivity index (χ2n) is 9.61. The molecule has 0 bridgehead atoms. The van der Waals surface area contributed by atoms with Gasteiger partial charge in [-0.05, 0) is 37.3 Å². The summed E-state index contributed by atoms with van der Waals surface area (Å²) in [6.07, 6.45) is 2.26. The molecule has 11 heteroatoms. The van der Waals surface area contributed by atoms with Crippen LogP contribution in [0.4, 0.5) is 20.2 Å². The van der Waals surface area contributed by atoms with Gasteiger partial charge < -0.3 is 19.8 Å². The highest BCUT2D eigenvalue weighted by molar-refractivity contribution is 6.01. The Morgan fingerprint density at radius 2 is 1.69 bits per heavy atom. The molecular weight excluding hydrogens is 460 g/mol. The first kappa shape index (κ1) is 25.3. The lowest BCUT2D eigenvalue weighted by atomic mass is 9.96. The fraction of sp³-hybridized carbons (Fsp3) is 0.625. The van der Waals surface area contributed by atoms with Gasteiger partial charge in [0.05, 0.1) is 0 Å². The zero-order chi connectivity index (χ0) is 25.1. The van der Waals surface area contributed by atoms with Crippen molar-refractivity contribution in [3.8, 4) is 0 Å². The SMILES string of the molecule is CN(c1cc(F)c(N2CCN(CC3CCN(C(=O)CO)CC3)CC2)c(F)c1)C1CCC(=O)NC1=O. The quantitative estimate of drug-likeness (QED) is 0.559. The molecule has 1 atom stereocenters. The number of hydrogen-bond donors (Lipinski definition) is 2. The molecule has 3 amide bonds.